The Balaban J connectivity index is 2.03. The second-order valence-corrected chi connectivity index (χ2v) is 4.67. The zero-order chi connectivity index (χ0) is 13.2. The van der Waals surface area contributed by atoms with E-state index in [2.05, 4.69) is 23.0 Å². The molecule has 0 amide bonds. The highest BCUT2D eigenvalue weighted by Crippen LogP contribution is 2.30. The average molecular weight is 255 g/mol. The maximum absolute atomic E-state index is 5.76. The molecule has 3 aromatic rings. The van der Waals surface area contributed by atoms with Gasteiger partial charge in [-0.3, -0.25) is 0 Å². The highest BCUT2D eigenvalue weighted by molar-refractivity contribution is 5.92. The van der Waals surface area contributed by atoms with Gasteiger partial charge < -0.3 is 15.1 Å². The van der Waals surface area contributed by atoms with E-state index >= 15 is 0 Å². The van der Waals surface area contributed by atoms with Gasteiger partial charge in [0.25, 0.3) is 0 Å². The summed E-state index contributed by atoms with van der Waals surface area (Å²) in [6.07, 6.45) is 4.60. The van der Waals surface area contributed by atoms with E-state index in [9.17, 15) is 0 Å². The molecule has 0 radical (unpaired) electrons. The summed E-state index contributed by atoms with van der Waals surface area (Å²) in [5.41, 5.74) is 8.67. The molecule has 2 aromatic heterocycles. The van der Waals surface area contributed by atoms with Crippen molar-refractivity contribution in [1.29, 1.82) is 0 Å². The van der Waals surface area contributed by atoms with Crippen LogP contribution in [0.5, 0.6) is 0 Å². The molecule has 0 aliphatic carbocycles. The number of rotatable bonds is 4. The molecule has 0 fully saturated rings. The number of nitrogens with one attached hydrogen (secondary N) is 1. The minimum Gasteiger partial charge on any atom is -0.464 e. The normalized spacial score (nSPS) is 12.9. The van der Waals surface area contributed by atoms with Crippen LogP contribution in [0.2, 0.25) is 0 Å². The van der Waals surface area contributed by atoms with Crippen LogP contribution in [0.4, 0.5) is 0 Å². The Morgan fingerprint density at radius 2 is 2.21 bits per heavy atom. The van der Waals surface area contributed by atoms with Crippen molar-refractivity contribution in [2.45, 2.75) is 19.3 Å². The zero-order valence-corrected chi connectivity index (χ0v) is 10.9. The average Bonchev–Trinajstić information content (AvgIpc) is 3.06. The van der Waals surface area contributed by atoms with Crippen molar-refractivity contribution < 1.29 is 4.42 Å². The van der Waals surface area contributed by atoms with Gasteiger partial charge in [0.05, 0.1) is 11.9 Å². The second kappa shape index (κ2) is 4.90. The summed E-state index contributed by atoms with van der Waals surface area (Å²) in [6, 6.07) is 7.99. The first-order valence-corrected chi connectivity index (χ1v) is 6.55. The smallest absolute Gasteiger partial charge is 0.134 e. The van der Waals surface area contributed by atoms with Gasteiger partial charge in [0.15, 0.2) is 0 Å². The van der Waals surface area contributed by atoms with Gasteiger partial charge in [-0.2, -0.15) is 0 Å². The van der Waals surface area contributed by atoms with Crippen LogP contribution >= 0.6 is 0 Å². The number of nitrogens with zero attached hydrogens (tertiary/aromatic N) is 1. The van der Waals surface area contributed by atoms with Gasteiger partial charge in [-0.15, -0.1) is 0 Å². The van der Waals surface area contributed by atoms with Crippen LogP contribution in [-0.2, 0) is 0 Å². The minimum absolute atomic E-state index is 0.284. The van der Waals surface area contributed by atoms with E-state index in [1.54, 1.807) is 6.26 Å². The molecule has 0 bridgehead atoms. The second-order valence-electron chi connectivity index (χ2n) is 4.67. The lowest BCUT2D eigenvalue weighted by molar-refractivity contribution is 0.616. The summed E-state index contributed by atoms with van der Waals surface area (Å²) in [6.45, 7) is 2.72. The fraction of sp³-hybridized carbons (Fsp3) is 0.267. The van der Waals surface area contributed by atoms with Crippen molar-refractivity contribution in [3.05, 3.63) is 42.5 Å². The number of aromatic nitrogens is 2. The van der Waals surface area contributed by atoms with Gasteiger partial charge in [-0.1, -0.05) is 25.1 Å². The summed E-state index contributed by atoms with van der Waals surface area (Å²) in [7, 11) is 0. The lowest BCUT2D eigenvalue weighted by Gasteiger charge is -2.07. The molecule has 0 spiro atoms. The number of fused-ring (bicyclic) bond motifs is 1. The van der Waals surface area contributed by atoms with E-state index in [0.717, 1.165) is 34.5 Å². The number of aromatic amines is 1. The molecule has 4 heteroatoms. The molecule has 3 N–H and O–H groups in total. The number of benzene rings is 1. The molecule has 0 aliphatic heterocycles. The first-order chi connectivity index (χ1) is 9.33. The lowest BCUT2D eigenvalue weighted by Crippen LogP contribution is -2.12. The van der Waals surface area contributed by atoms with Crippen molar-refractivity contribution in [3.8, 4) is 11.3 Å². The first kappa shape index (κ1) is 12.0. The van der Waals surface area contributed by atoms with E-state index in [1.165, 1.54) is 0 Å². The Hall–Kier alpha value is -2.07. The van der Waals surface area contributed by atoms with E-state index in [1.807, 2.05) is 24.4 Å². The van der Waals surface area contributed by atoms with E-state index in [-0.39, 0.29) is 5.92 Å². The molecule has 0 aliphatic rings. The maximum Gasteiger partial charge on any atom is 0.134 e. The van der Waals surface area contributed by atoms with Crippen molar-refractivity contribution >= 4 is 11.0 Å². The molecule has 4 nitrogen and oxygen atoms in total. The summed E-state index contributed by atoms with van der Waals surface area (Å²) in [5.74, 6) is 1.23. The highest BCUT2D eigenvalue weighted by Gasteiger charge is 2.14. The Kier molecular flexibility index (Phi) is 3.09. The van der Waals surface area contributed by atoms with Crippen LogP contribution in [-0.4, -0.2) is 16.5 Å². The molecule has 0 saturated carbocycles. The third-order valence-electron chi connectivity index (χ3n) is 3.53. The molecular formula is C15H17N3O. The SMILES string of the molecule is CCC(CN)c1ncc(-c2coc3ccccc23)[nH]1. The lowest BCUT2D eigenvalue weighted by atomic mass is 10.1. The quantitative estimate of drug-likeness (QED) is 0.751. The van der Waals surface area contributed by atoms with Crippen molar-refractivity contribution in [3.63, 3.8) is 0 Å². The molecule has 3 rings (SSSR count). The van der Waals surface area contributed by atoms with Crippen LogP contribution in [0.25, 0.3) is 22.2 Å². The van der Waals surface area contributed by atoms with Crippen molar-refractivity contribution in [2.75, 3.05) is 6.54 Å². The molecular weight excluding hydrogens is 238 g/mol. The van der Waals surface area contributed by atoms with E-state index in [4.69, 9.17) is 10.2 Å². The maximum atomic E-state index is 5.76. The van der Waals surface area contributed by atoms with Crippen LogP contribution in [0.3, 0.4) is 0 Å². The number of hydrogen-bond donors (Lipinski definition) is 2. The molecule has 2 heterocycles. The standard InChI is InChI=1S/C15H17N3O/c1-2-10(7-16)15-17-8-13(18-15)12-9-19-14-6-4-3-5-11(12)14/h3-6,8-10H,2,7,16H2,1H3,(H,17,18). The van der Waals surface area contributed by atoms with Crippen LogP contribution in [0.1, 0.15) is 25.1 Å². The highest BCUT2D eigenvalue weighted by atomic mass is 16.3. The molecule has 98 valence electrons. The number of hydrogen-bond acceptors (Lipinski definition) is 3. The molecule has 1 atom stereocenters. The third kappa shape index (κ3) is 2.04. The molecule has 0 saturated heterocycles. The summed E-state index contributed by atoms with van der Waals surface area (Å²) >= 11 is 0. The van der Waals surface area contributed by atoms with E-state index in [0.29, 0.717) is 6.54 Å². The summed E-state index contributed by atoms with van der Waals surface area (Å²) in [4.78, 5) is 7.80. The van der Waals surface area contributed by atoms with Gasteiger partial charge in [-0.05, 0) is 12.5 Å². The van der Waals surface area contributed by atoms with Crippen LogP contribution < -0.4 is 5.73 Å². The summed E-state index contributed by atoms with van der Waals surface area (Å²) < 4.78 is 5.55. The number of H-pyrrole nitrogens is 1. The van der Waals surface area contributed by atoms with Gasteiger partial charge in [-0.25, -0.2) is 4.98 Å². The van der Waals surface area contributed by atoms with Crippen molar-refractivity contribution in [2.24, 2.45) is 5.73 Å². The number of nitrogens with two attached hydrogens (primary N) is 1. The van der Waals surface area contributed by atoms with Gasteiger partial charge in [0.1, 0.15) is 17.7 Å². The van der Waals surface area contributed by atoms with Gasteiger partial charge in [0.2, 0.25) is 0 Å². The number of imidazole rings is 1. The monoisotopic (exact) mass is 255 g/mol. The van der Waals surface area contributed by atoms with E-state index < -0.39 is 0 Å². The first-order valence-electron chi connectivity index (χ1n) is 6.55. The predicted molar refractivity (Wildman–Crippen MR) is 75.9 cm³/mol. The topological polar surface area (TPSA) is 67.8 Å². The Bertz CT molecular complexity index is 679. The number of para-hydroxylation sites is 1. The Labute approximate surface area is 111 Å². The van der Waals surface area contributed by atoms with Crippen molar-refractivity contribution in [1.82, 2.24) is 9.97 Å². The molecule has 1 aromatic carbocycles. The fourth-order valence-electron chi connectivity index (χ4n) is 2.34. The minimum atomic E-state index is 0.284. The largest absolute Gasteiger partial charge is 0.464 e. The van der Waals surface area contributed by atoms with Crippen LogP contribution in [0.15, 0.2) is 41.1 Å². The third-order valence-corrected chi connectivity index (χ3v) is 3.53. The predicted octanol–water partition coefficient (Wildman–Crippen LogP) is 3.28. The molecule has 19 heavy (non-hydrogen) atoms. The van der Waals surface area contributed by atoms with Gasteiger partial charge >= 0.3 is 0 Å². The Morgan fingerprint density at radius 1 is 1.37 bits per heavy atom. The Morgan fingerprint density at radius 3 is 3.00 bits per heavy atom. The number of furan rings is 1. The van der Waals surface area contributed by atoms with Crippen LogP contribution in [0, 0.1) is 0 Å². The summed E-state index contributed by atoms with van der Waals surface area (Å²) in [5, 5.41) is 1.10. The molecule has 1 unspecified atom stereocenters. The van der Waals surface area contributed by atoms with Gasteiger partial charge in [0, 0.05) is 23.4 Å². The fourth-order valence-corrected chi connectivity index (χ4v) is 2.34. The zero-order valence-electron chi connectivity index (χ0n) is 10.9.